The van der Waals surface area contributed by atoms with Gasteiger partial charge in [0.2, 0.25) is 0 Å². The number of rotatable bonds is 3. The van der Waals surface area contributed by atoms with Gasteiger partial charge in [-0.05, 0) is 4.92 Å². The molecular formula is C11H2ClF7N4O3. The Bertz CT molecular complexity index is 898. The Kier molecular flexibility index (Phi) is 4.81. The van der Waals surface area contributed by atoms with Crippen molar-refractivity contribution in [3.63, 3.8) is 0 Å². The zero-order valence-corrected chi connectivity index (χ0v) is 12.4. The summed E-state index contributed by atoms with van der Waals surface area (Å²) in [5.41, 5.74) is -5.74. The molecule has 0 unspecified atom stereocenters. The minimum atomic E-state index is -5.76. The van der Waals surface area contributed by atoms with Gasteiger partial charge in [-0.3, -0.25) is 4.79 Å². The normalized spacial score (nSPS) is 11.5. The van der Waals surface area contributed by atoms with Crippen LogP contribution in [0, 0.1) is 33.4 Å². The van der Waals surface area contributed by atoms with Crippen molar-refractivity contribution >= 4 is 29.0 Å². The van der Waals surface area contributed by atoms with Crippen molar-refractivity contribution in [3.05, 3.63) is 49.7 Å². The van der Waals surface area contributed by atoms with E-state index < -0.39 is 68.1 Å². The highest BCUT2D eigenvalue weighted by Crippen LogP contribution is 2.38. The van der Waals surface area contributed by atoms with Crippen LogP contribution in [-0.4, -0.2) is 21.0 Å². The van der Waals surface area contributed by atoms with Crippen LogP contribution >= 0.6 is 11.6 Å². The smallest absolute Gasteiger partial charge is 0.358 e. The third-order valence-corrected chi connectivity index (χ3v) is 3.23. The summed E-state index contributed by atoms with van der Waals surface area (Å²) in [7, 11) is 0. The molecular weight excluding hydrogens is 405 g/mol. The molecule has 7 nitrogen and oxygen atoms in total. The van der Waals surface area contributed by atoms with Crippen molar-refractivity contribution in [2.75, 3.05) is 5.32 Å². The van der Waals surface area contributed by atoms with Crippen molar-refractivity contribution in [3.8, 4) is 0 Å². The summed E-state index contributed by atoms with van der Waals surface area (Å²) in [6.45, 7) is 0. The number of carbonyl (C=O) groups excluding carboxylic acids is 1. The first-order valence-corrected chi connectivity index (χ1v) is 6.38. The van der Waals surface area contributed by atoms with Gasteiger partial charge < -0.3 is 15.4 Å². The minimum absolute atomic E-state index is 0.916. The van der Waals surface area contributed by atoms with Gasteiger partial charge in [-0.2, -0.15) is 13.2 Å². The standard InChI is InChI=1S/C11H2ClF7N4O3/c12-2-7(21-22-9(2)23(25)26)10(24)20-8-5(15)3(13)1(11(17,18)19)4(14)6(8)16/h(H,20,24)(H,21,22). The number of halogens is 8. The van der Waals surface area contributed by atoms with Crippen molar-refractivity contribution in [1.82, 2.24) is 10.2 Å². The molecule has 0 aliphatic carbocycles. The zero-order valence-electron chi connectivity index (χ0n) is 11.6. The first-order chi connectivity index (χ1) is 11.9. The number of aromatic nitrogens is 2. The van der Waals surface area contributed by atoms with E-state index in [-0.39, 0.29) is 0 Å². The molecule has 0 saturated carbocycles. The van der Waals surface area contributed by atoms with Crippen molar-refractivity contribution in [2.24, 2.45) is 0 Å². The molecule has 0 bridgehead atoms. The van der Waals surface area contributed by atoms with E-state index in [2.05, 4.69) is 5.10 Å². The summed E-state index contributed by atoms with van der Waals surface area (Å²) in [5.74, 6) is -13.4. The van der Waals surface area contributed by atoms with E-state index in [4.69, 9.17) is 11.6 Å². The monoisotopic (exact) mass is 406 g/mol. The summed E-state index contributed by atoms with van der Waals surface area (Å²) in [5, 5.41) is 15.6. The number of hydrogen-bond donors (Lipinski definition) is 2. The van der Waals surface area contributed by atoms with Gasteiger partial charge in [-0.15, -0.1) is 5.10 Å². The van der Waals surface area contributed by atoms with Crippen LogP contribution in [0.25, 0.3) is 0 Å². The molecule has 1 aromatic carbocycles. The number of nitrogens with one attached hydrogen (secondary N) is 2. The zero-order chi connectivity index (χ0) is 20.0. The molecule has 0 aliphatic heterocycles. The average molecular weight is 407 g/mol. The molecule has 0 fully saturated rings. The Morgan fingerprint density at radius 2 is 1.62 bits per heavy atom. The number of anilines is 1. The van der Waals surface area contributed by atoms with Crippen molar-refractivity contribution < 1.29 is 40.5 Å². The summed E-state index contributed by atoms with van der Waals surface area (Å²) in [6, 6.07) is 0. The molecule has 1 heterocycles. The molecule has 0 saturated heterocycles. The second-order valence-electron chi connectivity index (χ2n) is 4.45. The number of carbonyl (C=O) groups is 1. The van der Waals surface area contributed by atoms with E-state index in [1.165, 1.54) is 5.32 Å². The van der Waals surface area contributed by atoms with E-state index in [1.807, 2.05) is 0 Å². The Balaban J connectivity index is 2.51. The third-order valence-electron chi connectivity index (χ3n) is 2.87. The van der Waals surface area contributed by atoms with Crippen LogP contribution in [0.4, 0.5) is 42.2 Å². The highest BCUT2D eigenvalue weighted by Gasteiger charge is 2.42. The summed E-state index contributed by atoms with van der Waals surface area (Å²) in [6.07, 6.45) is -5.76. The number of H-pyrrole nitrogens is 1. The van der Waals surface area contributed by atoms with Crippen LogP contribution in [0.1, 0.15) is 16.1 Å². The fourth-order valence-electron chi connectivity index (χ4n) is 1.75. The maximum Gasteiger partial charge on any atom is 0.422 e. The van der Waals surface area contributed by atoms with Crippen molar-refractivity contribution in [1.29, 1.82) is 0 Å². The predicted octanol–water partition coefficient (Wildman–Crippen LogP) is 3.80. The van der Waals surface area contributed by atoms with Crippen LogP contribution in [0.15, 0.2) is 0 Å². The Hall–Kier alpha value is -2.90. The fraction of sp³-hybridized carbons (Fsp3) is 0.0909. The van der Waals surface area contributed by atoms with E-state index in [1.54, 1.807) is 5.10 Å². The van der Waals surface area contributed by atoms with Gasteiger partial charge in [-0.25, -0.2) is 17.6 Å². The van der Waals surface area contributed by atoms with Gasteiger partial charge in [0.1, 0.15) is 11.3 Å². The van der Waals surface area contributed by atoms with Gasteiger partial charge in [0, 0.05) is 0 Å². The number of hydrogen-bond acceptors (Lipinski definition) is 4. The quantitative estimate of drug-likeness (QED) is 0.350. The lowest BCUT2D eigenvalue weighted by atomic mass is 10.1. The van der Waals surface area contributed by atoms with E-state index in [0.717, 1.165) is 0 Å². The highest BCUT2D eigenvalue weighted by atomic mass is 35.5. The number of benzene rings is 1. The molecule has 2 N–H and O–H groups in total. The van der Waals surface area contributed by atoms with Gasteiger partial charge >= 0.3 is 12.0 Å². The SMILES string of the molecule is O=C(Nc1c(F)c(F)c(C(F)(F)F)c(F)c1F)c1n[nH]c([N+](=O)[O-])c1Cl. The molecule has 0 atom stereocenters. The lowest BCUT2D eigenvalue weighted by Crippen LogP contribution is -2.20. The van der Waals surface area contributed by atoms with Crippen LogP contribution in [0.3, 0.4) is 0 Å². The van der Waals surface area contributed by atoms with Crippen LogP contribution < -0.4 is 5.32 Å². The van der Waals surface area contributed by atoms with Gasteiger partial charge in [0.25, 0.3) is 5.91 Å². The Labute approximate surface area is 141 Å². The Morgan fingerprint density at radius 1 is 1.12 bits per heavy atom. The predicted molar refractivity (Wildman–Crippen MR) is 69.5 cm³/mol. The van der Waals surface area contributed by atoms with Crippen molar-refractivity contribution in [2.45, 2.75) is 6.18 Å². The highest BCUT2D eigenvalue weighted by molar-refractivity contribution is 6.35. The number of alkyl halides is 3. The maximum atomic E-state index is 13.7. The molecule has 15 heteroatoms. The second-order valence-corrected chi connectivity index (χ2v) is 4.83. The van der Waals surface area contributed by atoms with Crippen LogP contribution in [0.2, 0.25) is 5.02 Å². The molecule has 0 spiro atoms. The van der Waals surface area contributed by atoms with Gasteiger partial charge in [0.05, 0.1) is 0 Å². The topological polar surface area (TPSA) is 101 Å². The summed E-state index contributed by atoms with van der Waals surface area (Å²) in [4.78, 5) is 21.2. The molecule has 2 rings (SSSR count). The molecule has 1 amide bonds. The molecule has 0 aliphatic rings. The minimum Gasteiger partial charge on any atom is -0.358 e. The second kappa shape index (κ2) is 6.44. The van der Waals surface area contributed by atoms with Crippen LogP contribution in [0.5, 0.6) is 0 Å². The largest absolute Gasteiger partial charge is 0.422 e. The fourth-order valence-corrected chi connectivity index (χ4v) is 1.99. The van der Waals surface area contributed by atoms with Gasteiger partial charge in [0.15, 0.2) is 34.0 Å². The molecule has 140 valence electrons. The lowest BCUT2D eigenvalue weighted by Gasteiger charge is -2.14. The lowest BCUT2D eigenvalue weighted by molar-refractivity contribution is -0.389. The first kappa shape index (κ1) is 19.4. The summed E-state index contributed by atoms with van der Waals surface area (Å²) < 4.78 is 91.6. The molecule has 26 heavy (non-hydrogen) atoms. The average Bonchev–Trinajstić information content (AvgIpc) is 2.90. The number of aromatic amines is 1. The summed E-state index contributed by atoms with van der Waals surface area (Å²) >= 11 is 5.43. The van der Waals surface area contributed by atoms with E-state index >= 15 is 0 Å². The number of nitro groups is 1. The van der Waals surface area contributed by atoms with Gasteiger partial charge in [-0.1, -0.05) is 16.7 Å². The maximum absolute atomic E-state index is 13.7. The Morgan fingerprint density at radius 3 is 2.00 bits per heavy atom. The van der Waals surface area contributed by atoms with E-state index in [0.29, 0.717) is 0 Å². The number of nitrogens with zero attached hydrogens (tertiary/aromatic N) is 2. The van der Waals surface area contributed by atoms with Crippen LogP contribution in [-0.2, 0) is 6.18 Å². The molecule has 0 radical (unpaired) electrons. The number of amides is 1. The third kappa shape index (κ3) is 3.14. The van der Waals surface area contributed by atoms with E-state index in [9.17, 15) is 45.6 Å². The molecule has 1 aromatic heterocycles. The molecule has 2 aromatic rings. The first-order valence-electron chi connectivity index (χ1n) is 6.00.